The molecule has 2 aromatic heterocycles. The van der Waals surface area contributed by atoms with Gasteiger partial charge in [-0.2, -0.15) is 0 Å². The molecule has 0 radical (unpaired) electrons. The molecule has 0 aliphatic carbocycles. The maximum absolute atomic E-state index is 12.3. The Kier molecular flexibility index (Phi) is 2.50. The van der Waals surface area contributed by atoms with Gasteiger partial charge in [0.1, 0.15) is 45.3 Å². The van der Waals surface area contributed by atoms with Crippen molar-refractivity contribution in [2.24, 2.45) is 0 Å². The van der Waals surface area contributed by atoms with Crippen LogP contribution in [-0.4, -0.2) is 0 Å². The highest BCUT2D eigenvalue weighted by Gasteiger charge is 2.55. The lowest BCUT2D eigenvalue weighted by Crippen LogP contribution is -2.53. The molecule has 6 heteroatoms. The molecule has 2 aliphatic rings. The highest BCUT2D eigenvalue weighted by atomic mass is 16.5. The Morgan fingerprint density at radius 1 is 0.826 bits per heavy atom. The fourth-order valence-corrected chi connectivity index (χ4v) is 3.76. The van der Waals surface area contributed by atoms with Crippen LogP contribution in [0.15, 0.2) is 30.6 Å². The Morgan fingerprint density at radius 3 is 1.61 bits per heavy atom. The van der Waals surface area contributed by atoms with E-state index < -0.39 is 22.5 Å². The molecule has 0 saturated heterocycles. The fraction of sp³-hybridized carbons (Fsp3) is 0.412. The van der Waals surface area contributed by atoms with E-state index in [1.54, 1.807) is 26.0 Å². The number of hydrogen-bond donors (Lipinski definition) is 0. The van der Waals surface area contributed by atoms with Gasteiger partial charge in [0.2, 0.25) is 0 Å². The molecular formula is C17H16O6. The first-order chi connectivity index (χ1) is 10.7. The highest BCUT2D eigenvalue weighted by molar-refractivity contribution is 5.48. The third kappa shape index (κ3) is 1.81. The minimum absolute atomic E-state index is 0.321. The van der Waals surface area contributed by atoms with Gasteiger partial charge in [0, 0.05) is 18.6 Å². The van der Waals surface area contributed by atoms with Gasteiger partial charge in [-0.05, 0) is 27.7 Å². The summed E-state index contributed by atoms with van der Waals surface area (Å²) in [6.45, 7) is 6.97. The van der Waals surface area contributed by atoms with E-state index in [4.69, 9.17) is 18.3 Å². The molecule has 2 aromatic rings. The molecule has 6 nitrogen and oxygen atoms in total. The lowest BCUT2D eigenvalue weighted by molar-refractivity contribution is -0.0786. The van der Waals surface area contributed by atoms with Crippen molar-refractivity contribution in [3.8, 4) is 11.5 Å². The molecular weight excluding hydrogens is 300 g/mol. The van der Waals surface area contributed by atoms with Gasteiger partial charge in [-0.25, -0.2) is 9.59 Å². The SMILES string of the molecule is Cc1cc2c(c(=O)o1)[C@]1(C)C[C@](C)(O2)c2c(cc(C)oc2=O)O1. The molecule has 2 aliphatic heterocycles. The first-order valence-corrected chi connectivity index (χ1v) is 7.40. The number of ether oxygens (including phenoxy) is 2. The van der Waals surface area contributed by atoms with Crippen molar-refractivity contribution in [2.45, 2.75) is 45.3 Å². The minimum atomic E-state index is -0.927. The summed E-state index contributed by atoms with van der Waals surface area (Å²) in [5.74, 6) is 1.66. The van der Waals surface area contributed by atoms with Crippen LogP contribution in [0.1, 0.15) is 42.9 Å². The third-order valence-corrected chi connectivity index (χ3v) is 4.48. The smallest absolute Gasteiger partial charge is 0.346 e. The summed E-state index contributed by atoms with van der Waals surface area (Å²) in [7, 11) is 0. The molecule has 23 heavy (non-hydrogen) atoms. The van der Waals surface area contributed by atoms with Crippen LogP contribution in [0.4, 0.5) is 0 Å². The summed E-state index contributed by atoms with van der Waals surface area (Å²) in [6, 6.07) is 3.30. The predicted octanol–water partition coefficient (Wildman–Crippen LogP) is 2.52. The van der Waals surface area contributed by atoms with Crippen molar-refractivity contribution < 1.29 is 18.3 Å². The van der Waals surface area contributed by atoms with Crippen LogP contribution < -0.4 is 20.7 Å². The molecule has 0 unspecified atom stereocenters. The van der Waals surface area contributed by atoms with E-state index in [2.05, 4.69) is 0 Å². The number of aryl methyl sites for hydroxylation is 2. The van der Waals surface area contributed by atoms with Crippen LogP contribution in [0.2, 0.25) is 0 Å². The molecule has 0 amide bonds. The average Bonchev–Trinajstić information content (AvgIpc) is 2.33. The quantitative estimate of drug-likeness (QED) is 0.743. The normalized spacial score (nSPS) is 27.5. The van der Waals surface area contributed by atoms with Crippen molar-refractivity contribution in [3.05, 3.63) is 55.6 Å². The maximum Gasteiger partial charge on any atom is 0.346 e. The van der Waals surface area contributed by atoms with E-state index in [0.29, 0.717) is 40.6 Å². The summed E-state index contributed by atoms with van der Waals surface area (Å²) in [6.07, 6.45) is 0.321. The summed E-state index contributed by atoms with van der Waals surface area (Å²) < 4.78 is 22.5. The Labute approximate surface area is 131 Å². The second kappa shape index (κ2) is 4.07. The van der Waals surface area contributed by atoms with Gasteiger partial charge in [-0.1, -0.05) is 0 Å². The van der Waals surface area contributed by atoms with Gasteiger partial charge < -0.3 is 18.3 Å². The van der Waals surface area contributed by atoms with Crippen molar-refractivity contribution in [3.63, 3.8) is 0 Å². The van der Waals surface area contributed by atoms with E-state index >= 15 is 0 Å². The molecule has 4 rings (SSSR count). The van der Waals surface area contributed by atoms with Gasteiger partial charge in [0.05, 0.1) is 0 Å². The van der Waals surface area contributed by atoms with Crippen LogP contribution in [0.5, 0.6) is 11.5 Å². The van der Waals surface area contributed by atoms with Gasteiger partial charge >= 0.3 is 11.3 Å². The zero-order chi connectivity index (χ0) is 16.6. The molecule has 0 aromatic carbocycles. The molecule has 0 saturated carbocycles. The minimum Gasteiger partial charge on any atom is -0.481 e. The molecule has 4 heterocycles. The first kappa shape index (κ1) is 14.1. The van der Waals surface area contributed by atoms with E-state index in [9.17, 15) is 9.59 Å². The Bertz CT molecular complexity index is 875. The molecule has 2 atom stereocenters. The van der Waals surface area contributed by atoms with E-state index in [0.717, 1.165) is 0 Å². The Morgan fingerprint density at radius 2 is 1.22 bits per heavy atom. The largest absolute Gasteiger partial charge is 0.481 e. The van der Waals surface area contributed by atoms with Gasteiger partial charge in [-0.15, -0.1) is 0 Å². The molecule has 0 fully saturated rings. The summed E-state index contributed by atoms with van der Waals surface area (Å²) in [5.41, 5.74) is -2.12. The van der Waals surface area contributed by atoms with Crippen molar-refractivity contribution in [1.29, 1.82) is 0 Å². The standard InChI is InChI=1S/C17H16O6/c1-8-5-10-12(14(18)20-8)16(3)7-17(4,22-10)13-11(23-16)6-9(2)21-15(13)19/h5-6H,7H2,1-4H3/t16-,17-/m0/s1. The summed E-state index contributed by atoms with van der Waals surface area (Å²) in [5, 5.41) is 0. The zero-order valence-electron chi connectivity index (χ0n) is 13.3. The van der Waals surface area contributed by atoms with Crippen molar-refractivity contribution in [1.82, 2.24) is 0 Å². The van der Waals surface area contributed by atoms with Crippen LogP contribution in [0, 0.1) is 13.8 Å². The number of fused-ring (bicyclic) bond motifs is 6. The van der Waals surface area contributed by atoms with Crippen molar-refractivity contribution >= 4 is 0 Å². The fourth-order valence-electron chi connectivity index (χ4n) is 3.76. The molecule has 0 N–H and O–H groups in total. The average molecular weight is 316 g/mol. The van der Waals surface area contributed by atoms with E-state index in [-0.39, 0.29) is 0 Å². The number of rotatable bonds is 0. The second-order valence-corrected chi connectivity index (χ2v) is 6.61. The predicted molar refractivity (Wildman–Crippen MR) is 80.0 cm³/mol. The third-order valence-electron chi connectivity index (χ3n) is 4.48. The zero-order valence-corrected chi connectivity index (χ0v) is 13.3. The van der Waals surface area contributed by atoms with Gasteiger partial charge in [0.15, 0.2) is 0 Å². The van der Waals surface area contributed by atoms with E-state index in [1.807, 2.05) is 13.8 Å². The van der Waals surface area contributed by atoms with Gasteiger partial charge in [-0.3, -0.25) is 0 Å². The highest BCUT2D eigenvalue weighted by Crippen LogP contribution is 2.53. The number of hydrogen-bond acceptors (Lipinski definition) is 6. The Hall–Kier alpha value is -2.50. The topological polar surface area (TPSA) is 78.9 Å². The summed E-state index contributed by atoms with van der Waals surface area (Å²) >= 11 is 0. The monoisotopic (exact) mass is 316 g/mol. The first-order valence-electron chi connectivity index (χ1n) is 7.40. The van der Waals surface area contributed by atoms with Crippen LogP contribution in [0.3, 0.4) is 0 Å². The Balaban J connectivity index is 2.05. The van der Waals surface area contributed by atoms with E-state index in [1.165, 1.54) is 0 Å². The lowest BCUT2D eigenvalue weighted by atomic mass is 9.76. The van der Waals surface area contributed by atoms with Gasteiger partial charge in [0.25, 0.3) is 0 Å². The van der Waals surface area contributed by atoms with Crippen LogP contribution in [0.25, 0.3) is 0 Å². The molecule has 0 spiro atoms. The van der Waals surface area contributed by atoms with Crippen molar-refractivity contribution in [2.75, 3.05) is 0 Å². The maximum atomic E-state index is 12.3. The van der Waals surface area contributed by atoms with Crippen LogP contribution in [-0.2, 0) is 11.2 Å². The molecule has 120 valence electrons. The van der Waals surface area contributed by atoms with Crippen LogP contribution >= 0.6 is 0 Å². The summed E-state index contributed by atoms with van der Waals surface area (Å²) in [4.78, 5) is 24.7. The lowest BCUT2D eigenvalue weighted by Gasteiger charge is -2.48. The second-order valence-electron chi connectivity index (χ2n) is 6.61. The molecule has 2 bridgehead atoms.